The van der Waals surface area contributed by atoms with Gasteiger partial charge in [0.15, 0.2) is 0 Å². The van der Waals surface area contributed by atoms with Gasteiger partial charge < -0.3 is 0 Å². The first-order chi connectivity index (χ1) is 7.61. The van der Waals surface area contributed by atoms with E-state index < -0.39 is 0 Å². The maximum atomic E-state index is 2.52. The van der Waals surface area contributed by atoms with Gasteiger partial charge in [0.25, 0.3) is 0 Å². The molecule has 1 aromatic carbocycles. The first-order valence-corrected chi connectivity index (χ1v) is 6.37. The van der Waals surface area contributed by atoms with Crippen molar-refractivity contribution in [2.45, 2.75) is 39.7 Å². The fourth-order valence-corrected chi connectivity index (χ4v) is 3.03. The second kappa shape index (κ2) is 4.58. The summed E-state index contributed by atoms with van der Waals surface area (Å²) in [6, 6.07) is 7.35. The Morgan fingerprint density at radius 2 is 2.00 bits per heavy atom. The second-order valence-electron chi connectivity index (χ2n) is 5.33. The van der Waals surface area contributed by atoms with Crippen molar-refractivity contribution >= 4 is 0 Å². The van der Waals surface area contributed by atoms with Crippen LogP contribution < -0.4 is 0 Å². The topological polar surface area (TPSA) is 3.24 Å². The molecule has 0 saturated carbocycles. The molecule has 2 unspecified atom stereocenters. The molecule has 2 atom stereocenters. The molecule has 1 aromatic rings. The number of benzene rings is 1. The van der Waals surface area contributed by atoms with Crippen molar-refractivity contribution in [2.75, 3.05) is 13.6 Å². The highest BCUT2D eigenvalue weighted by Crippen LogP contribution is 2.36. The quantitative estimate of drug-likeness (QED) is 0.693. The number of hydrogen-bond donors (Lipinski definition) is 0. The van der Waals surface area contributed by atoms with Crippen molar-refractivity contribution in [1.29, 1.82) is 0 Å². The van der Waals surface area contributed by atoms with E-state index in [-0.39, 0.29) is 0 Å². The molecule has 1 heteroatoms. The van der Waals surface area contributed by atoms with Gasteiger partial charge in [-0.3, -0.25) is 4.90 Å². The van der Waals surface area contributed by atoms with Gasteiger partial charge in [-0.25, -0.2) is 0 Å². The van der Waals surface area contributed by atoms with E-state index in [9.17, 15) is 0 Å². The van der Waals surface area contributed by atoms with Crippen molar-refractivity contribution < 1.29 is 0 Å². The minimum Gasteiger partial charge on any atom is -0.299 e. The van der Waals surface area contributed by atoms with Crippen molar-refractivity contribution in [3.63, 3.8) is 0 Å². The number of nitrogens with zero attached hydrogens (tertiary/aromatic N) is 1. The molecule has 0 spiro atoms. The van der Waals surface area contributed by atoms with Crippen LogP contribution in [0.2, 0.25) is 0 Å². The first-order valence-electron chi connectivity index (χ1n) is 6.37. The smallest absolute Gasteiger partial charge is 0.0373 e. The average molecular weight is 217 g/mol. The van der Waals surface area contributed by atoms with Crippen LogP contribution in [0, 0.1) is 19.8 Å². The highest BCUT2D eigenvalue weighted by molar-refractivity contribution is 5.35. The monoisotopic (exact) mass is 217 g/mol. The van der Waals surface area contributed by atoms with Crippen LogP contribution in [0.1, 0.15) is 42.5 Å². The lowest BCUT2D eigenvalue weighted by molar-refractivity contribution is 0.131. The Bertz CT molecular complexity index is 360. The molecule has 1 heterocycles. The largest absolute Gasteiger partial charge is 0.299 e. The molecule has 2 rings (SSSR count). The molecular weight excluding hydrogens is 194 g/mol. The molecule has 0 N–H and O–H groups in total. The fraction of sp³-hybridized carbons (Fsp3) is 0.600. The Labute approximate surface area is 99.5 Å². The van der Waals surface area contributed by atoms with Crippen LogP contribution in [0.4, 0.5) is 0 Å². The Hall–Kier alpha value is -0.820. The van der Waals surface area contributed by atoms with Gasteiger partial charge in [-0.05, 0) is 62.9 Å². The van der Waals surface area contributed by atoms with E-state index in [1.165, 1.54) is 36.1 Å². The van der Waals surface area contributed by atoms with Crippen LogP contribution >= 0.6 is 0 Å². The second-order valence-corrected chi connectivity index (χ2v) is 5.33. The average Bonchev–Trinajstić information content (AvgIpc) is 2.24. The maximum Gasteiger partial charge on any atom is 0.0373 e. The molecule has 0 amide bonds. The molecular formula is C15H23N. The zero-order chi connectivity index (χ0) is 11.7. The van der Waals surface area contributed by atoms with Gasteiger partial charge in [0.1, 0.15) is 0 Å². The van der Waals surface area contributed by atoms with Gasteiger partial charge in [0.05, 0.1) is 0 Å². The van der Waals surface area contributed by atoms with Crippen molar-refractivity contribution in [3.8, 4) is 0 Å². The van der Waals surface area contributed by atoms with E-state index in [2.05, 4.69) is 50.9 Å². The van der Waals surface area contributed by atoms with Crippen LogP contribution in [-0.4, -0.2) is 18.5 Å². The number of hydrogen-bond acceptors (Lipinski definition) is 1. The lowest BCUT2D eigenvalue weighted by Crippen LogP contribution is -2.35. The highest BCUT2D eigenvalue weighted by Gasteiger charge is 2.28. The lowest BCUT2D eigenvalue weighted by Gasteiger charge is -2.38. The third kappa shape index (κ3) is 2.01. The lowest BCUT2D eigenvalue weighted by atomic mass is 9.84. The normalized spacial score (nSPS) is 27.0. The summed E-state index contributed by atoms with van der Waals surface area (Å²) in [6.07, 6.45) is 2.71. The van der Waals surface area contributed by atoms with Crippen molar-refractivity contribution in [3.05, 3.63) is 34.9 Å². The third-order valence-corrected chi connectivity index (χ3v) is 4.15. The van der Waals surface area contributed by atoms with Gasteiger partial charge in [0.2, 0.25) is 0 Å². The molecule has 0 aromatic heterocycles. The summed E-state index contributed by atoms with van der Waals surface area (Å²) in [4.78, 5) is 2.52. The van der Waals surface area contributed by atoms with E-state index in [1.54, 1.807) is 0 Å². The van der Waals surface area contributed by atoms with Crippen LogP contribution in [0.15, 0.2) is 18.2 Å². The van der Waals surface area contributed by atoms with E-state index in [0.717, 1.165) is 5.92 Å². The van der Waals surface area contributed by atoms with E-state index in [1.807, 2.05) is 0 Å². The van der Waals surface area contributed by atoms with Crippen molar-refractivity contribution in [2.24, 2.45) is 5.92 Å². The summed E-state index contributed by atoms with van der Waals surface area (Å²) in [5.74, 6) is 0.777. The molecule has 1 aliphatic rings. The van der Waals surface area contributed by atoms with E-state index in [0.29, 0.717) is 6.04 Å². The zero-order valence-electron chi connectivity index (χ0n) is 11.0. The number of likely N-dealkylation sites (tertiary alicyclic amines) is 1. The minimum absolute atomic E-state index is 0.619. The van der Waals surface area contributed by atoms with Crippen molar-refractivity contribution in [1.82, 2.24) is 4.90 Å². The molecule has 16 heavy (non-hydrogen) atoms. The fourth-order valence-electron chi connectivity index (χ4n) is 3.03. The summed E-state index contributed by atoms with van der Waals surface area (Å²) >= 11 is 0. The summed E-state index contributed by atoms with van der Waals surface area (Å²) in [5, 5.41) is 0. The molecule has 0 radical (unpaired) electrons. The van der Waals surface area contributed by atoms with Crippen LogP contribution in [-0.2, 0) is 0 Å². The molecule has 1 fully saturated rings. The number of aryl methyl sites for hydroxylation is 1. The summed E-state index contributed by atoms with van der Waals surface area (Å²) < 4.78 is 0. The summed E-state index contributed by atoms with van der Waals surface area (Å²) in [7, 11) is 2.27. The van der Waals surface area contributed by atoms with E-state index in [4.69, 9.17) is 0 Å². The predicted molar refractivity (Wildman–Crippen MR) is 69.7 cm³/mol. The standard InChI is InChI=1S/C15H23N/c1-11-7-5-9-14(13(11)3)15-12(2)8-6-10-16(15)4/h5,7,9,12,15H,6,8,10H2,1-4H3. The molecule has 1 aliphatic heterocycles. The van der Waals surface area contributed by atoms with E-state index >= 15 is 0 Å². The Kier molecular flexibility index (Phi) is 3.34. The minimum atomic E-state index is 0.619. The first kappa shape index (κ1) is 11.7. The number of rotatable bonds is 1. The van der Waals surface area contributed by atoms with Crippen LogP contribution in [0.5, 0.6) is 0 Å². The Morgan fingerprint density at radius 3 is 2.69 bits per heavy atom. The summed E-state index contributed by atoms with van der Waals surface area (Å²) in [6.45, 7) is 8.11. The SMILES string of the molecule is Cc1cccc(C2C(C)CCCN2C)c1C. The van der Waals surface area contributed by atoms with Gasteiger partial charge in [-0.2, -0.15) is 0 Å². The van der Waals surface area contributed by atoms with Gasteiger partial charge >= 0.3 is 0 Å². The molecule has 0 aliphatic carbocycles. The highest BCUT2D eigenvalue weighted by atomic mass is 15.1. The Morgan fingerprint density at radius 1 is 1.25 bits per heavy atom. The van der Waals surface area contributed by atoms with Gasteiger partial charge in [-0.1, -0.05) is 25.1 Å². The number of piperidine rings is 1. The molecule has 0 bridgehead atoms. The predicted octanol–water partition coefficient (Wildman–Crippen LogP) is 3.71. The molecule has 1 saturated heterocycles. The van der Waals surface area contributed by atoms with Gasteiger partial charge in [0, 0.05) is 6.04 Å². The van der Waals surface area contributed by atoms with Gasteiger partial charge in [-0.15, -0.1) is 0 Å². The zero-order valence-corrected chi connectivity index (χ0v) is 11.0. The Balaban J connectivity index is 2.38. The molecule has 1 nitrogen and oxygen atoms in total. The van der Waals surface area contributed by atoms with Crippen LogP contribution in [0.3, 0.4) is 0 Å². The third-order valence-electron chi connectivity index (χ3n) is 4.15. The van der Waals surface area contributed by atoms with Crippen LogP contribution in [0.25, 0.3) is 0 Å². The maximum absolute atomic E-state index is 2.52. The summed E-state index contributed by atoms with van der Waals surface area (Å²) in [5.41, 5.74) is 4.44. The molecule has 88 valence electrons.